The lowest BCUT2D eigenvalue weighted by molar-refractivity contribution is 0.156. The number of sulfonamides is 1. The maximum atomic E-state index is 12.7. The number of nitrogens with one attached hydrogen (secondary N) is 1. The molecule has 2 aromatic rings. The van der Waals surface area contributed by atoms with Crippen LogP contribution in [0.1, 0.15) is 22.3 Å². The van der Waals surface area contributed by atoms with E-state index in [4.69, 9.17) is 0 Å². The second-order valence-electron chi connectivity index (χ2n) is 6.29. The third kappa shape index (κ3) is 4.36. The van der Waals surface area contributed by atoms with Crippen LogP contribution in [0.15, 0.2) is 40.2 Å². The number of hydrogen-bond donors (Lipinski definition) is 2. The topological polar surface area (TPSA) is 88.4 Å². The minimum atomic E-state index is -3.76. The zero-order valence-electron chi connectivity index (χ0n) is 14.9. The zero-order valence-corrected chi connectivity index (χ0v) is 15.7. The van der Waals surface area contributed by atoms with Gasteiger partial charge in [-0.05, 0) is 56.0 Å². The lowest BCUT2D eigenvalue weighted by Gasteiger charge is -2.18. The van der Waals surface area contributed by atoms with Crippen LogP contribution in [0.25, 0.3) is 0 Å². The maximum absolute atomic E-state index is 12.7. The Labute approximate surface area is 148 Å². The Bertz CT molecular complexity index is 906. The Balaban J connectivity index is 2.18. The second-order valence-corrected chi connectivity index (χ2v) is 7.99. The number of aliphatic hydroxyl groups is 1. The summed E-state index contributed by atoms with van der Waals surface area (Å²) in [6.07, 6.45) is 0.541. The first-order valence-corrected chi connectivity index (χ1v) is 9.52. The van der Waals surface area contributed by atoms with Gasteiger partial charge in [0.2, 0.25) is 10.0 Å². The first-order chi connectivity index (χ1) is 11.6. The van der Waals surface area contributed by atoms with Gasteiger partial charge >= 0.3 is 0 Å². The molecular weight excluding hydrogens is 340 g/mol. The van der Waals surface area contributed by atoms with E-state index in [0.29, 0.717) is 11.1 Å². The van der Waals surface area contributed by atoms with Crippen LogP contribution in [-0.2, 0) is 16.6 Å². The zero-order chi connectivity index (χ0) is 18.8. The summed E-state index contributed by atoms with van der Waals surface area (Å²) in [5, 5.41) is 10.1. The standard InChI is InChI=1S/C18H24N2O4S/c1-12-9-13(2)15(4)18(14(12)3)25(23,24)19-10-16(21)11-20-8-6-5-7-17(20)22/h5-9,16,19,21H,10-11H2,1-4H3. The first-order valence-electron chi connectivity index (χ1n) is 8.04. The van der Waals surface area contributed by atoms with Crippen molar-refractivity contribution in [2.45, 2.75) is 45.2 Å². The summed E-state index contributed by atoms with van der Waals surface area (Å²) in [4.78, 5) is 11.9. The van der Waals surface area contributed by atoms with Gasteiger partial charge in [0.25, 0.3) is 5.56 Å². The molecule has 0 saturated heterocycles. The number of rotatable bonds is 6. The van der Waals surface area contributed by atoms with E-state index in [0.717, 1.165) is 11.1 Å². The van der Waals surface area contributed by atoms with E-state index in [1.165, 1.54) is 10.6 Å². The highest BCUT2D eigenvalue weighted by atomic mass is 32.2. The van der Waals surface area contributed by atoms with Gasteiger partial charge in [0.1, 0.15) is 0 Å². The molecule has 7 heteroatoms. The molecule has 0 fully saturated rings. The van der Waals surface area contributed by atoms with Crippen molar-refractivity contribution in [3.05, 3.63) is 63.1 Å². The summed E-state index contributed by atoms with van der Waals surface area (Å²) >= 11 is 0. The lowest BCUT2D eigenvalue weighted by Crippen LogP contribution is -2.37. The van der Waals surface area contributed by atoms with Crippen LogP contribution in [0.5, 0.6) is 0 Å². The van der Waals surface area contributed by atoms with Crippen molar-refractivity contribution in [2.75, 3.05) is 6.54 Å². The number of aromatic nitrogens is 1. The molecular formula is C18H24N2O4S. The van der Waals surface area contributed by atoms with Gasteiger partial charge in [-0.2, -0.15) is 0 Å². The van der Waals surface area contributed by atoms with E-state index in [1.54, 1.807) is 32.2 Å². The molecule has 0 bridgehead atoms. The van der Waals surface area contributed by atoms with Crippen LogP contribution in [0.2, 0.25) is 0 Å². The third-order valence-corrected chi connectivity index (χ3v) is 6.08. The van der Waals surface area contributed by atoms with Gasteiger partial charge in [-0.15, -0.1) is 0 Å². The number of hydrogen-bond acceptors (Lipinski definition) is 4. The average Bonchev–Trinajstić information content (AvgIpc) is 2.53. The quantitative estimate of drug-likeness (QED) is 0.811. The molecule has 0 aliphatic heterocycles. The van der Waals surface area contributed by atoms with Crippen molar-refractivity contribution >= 4 is 10.0 Å². The van der Waals surface area contributed by atoms with Gasteiger partial charge < -0.3 is 9.67 Å². The predicted octanol–water partition coefficient (Wildman–Crippen LogP) is 1.42. The fourth-order valence-corrected chi connectivity index (χ4v) is 4.45. The normalized spacial score (nSPS) is 13.0. The summed E-state index contributed by atoms with van der Waals surface area (Å²) in [7, 11) is -3.76. The Morgan fingerprint density at radius 1 is 1.12 bits per heavy atom. The number of aryl methyl sites for hydroxylation is 2. The molecule has 1 unspecified atom stereocenters. The number of pyridine rings is 1. The SMILES string of the molecule is Cc1cc(C)c(C)c(S(=O)(=O)NCC(O)Cn2ccccc2=O)c1C. The molecule has 2 N–H and O–H groups in total. The Kier molecular flexibility index (Phi) is 5.82. The maximum Gasteiger partial charge on any atom is 0.250 e. The number of nitrogens with zero attached hydrogens (tertiary/aromatic N) is 1. The molecule has 6 nitrogen and oxygen atoms in total. The summed E-state index contributed by atoms with van der Waals surface area (Å²) in [6.45, 7) is 7.14. The average molecular weight is 364 g/mol. The van der Waals surface area contributed by atoms with E-state index >= 15 is 0 Å². The van der Waals surface area contributed by atoms with Gasteiger partial charge in [-0.25, -0.2) is 13.1 Å². The van der Waals surface area contributed by atoms with Crippen molar-refractivity contribution in [2.24, 2.45) is 0 Å². The van der Waals surface area contributed by atoms with Crippen LogP contribution in [0.3, 0.4) is 0 Å². The van der Waals surface area contributed by atoms with Gasteiger partial charge in [0.05, 0.1) is 17.5 Å². The molecule has 25 heavy (non-hydrogen) atoms. The molecule has 0 radical (unpaired) electrons. The fraction of sp³-hybridized carbons (Fsp3) is 0.389. The van der Waals surface area contributed by atoms with E-state index in [1.807, 2.05) is 19.9 Å². The third-order valence-electron chi connectivity index (χ3n) is 4.38. The van der Waals surface area contributed by atoms with Crippen LogP contribution in [-0.4, -0.2) is 30.7 Å². The molecule has 1 atom stereocenters. The second kappa shape index (κ2) is 7.51. The summed E-state index contributed by atoms with van der Waals surface area (Å²) in [5.41, 5.74) is 2.96. The van der Waals surface area contributed by atoms with Crippen LogP contribution < -0.4 is 10.3 Å². The van der Waals surface area contributed by atoms with Crippen molar-refractivity contribution in [1.29, 1.82) is 0 Å². The molecule has 1 aromatic carbocycles. The van der Waals surface area contributed by atoms with Crippen molar-refractivity contribution in [3.63, 3.8) is 0 Å². The molecule has 0 aliphatic rings. The molecule has 2 rings (SSSR count). The Morgan fingerprint density at radius 3 is 2.28 bits per heavy atom. The smallest absolute Gasteiger partial charge is 0.250 e. The van der Waals surface area contributed by atoms with Crippen LogP contribution >= 0.6 is 0 Å². The van der Waals surface area contributed by atoms with E-state index < -0.39 is 16.1 Å². The summed E-state index contributed by atoms with van der Waals surface area (Å²) < 4.78 is 29.2. The number of aliphatic hydroxyl groups excluding tert-OH is 1. The molecule has 0 saturated carbocycles. The predicted molar refractivity (Wildman–Crippen MR) is 97.3 cm³/mol. The van der Waals surface area contributed by atoms with Gasteiger partial charge in [0.15, 0.2) is 0 Å². The Morgan fingerprint density at radius 2 is 1.72 bits per heavy atom. The summed E-state index contributed by atoms with van der Waals surface area (Å²) in [6, 6.07) is 6.64. The largest absolute Gasteiger partial charge is 0.390 e. The minimum Gasteiger partial charge on any atom is -0.390 e. The van der Waals surface area contributed by atoms with Gasteiger partial charge in [-0.1, -0.05) is 12.1 Å². The molecule has 136 valence electrons. The molecule has 1 heterocycles. The number of benzene rings is 1. The van der Waals surface area contributed by atoms with Gasteiger partial charge in [-0.3, -0.25) is 4.79 Å². The van der Waals surface area contributed by atoms with E-state index in [9.17, 15) is 18.3 Å². The molecule has 0 amide bonds. The van der Waals surface area contributed by atoms with Crippen LogP contribution in [0.4, 0.5) is 0 Å². The van der Waals surface area contributed by atoms with E-state index in [2.05, 4.69) is 4.72 Å². The molecule has 1 aromatic heterocycles. The first kappa shape index (κ1) is 19.4. The van der Waals surface area contributed by atoms with Crippen molar-refractivity contribution < 1.29 is 13.5 Å². The molecule has 0 aliphatic carbocycles. The van der Waals surface area contributed by atoms with E-state index in [-0.39, 0.29) is 23.5 Å². The monoisotopic (exact) mass is 364 g/mol. The highest BCUT2D eigenvalue weighted by molar-refractivity contribution is 7.89. The van der Waals surface area contributed by atoms with Crippen molar-refractivity contribution in [3.8, 4) is 0 Å². The lowest BCUT2D eigenvalue weighted by atomic mass is 10.0. The highest BCUT2D eigenvalue weighted by Crippen LogP contribution is 2.25. The Hall–Kier alpha value is -1.96. The highest BCUT2D eigenvalue weighted by Gasteiger charge is 2.22. The minimum absolute atomic E-state index is 0.0208. The van der Waals surface area contributed by atoms with Crippen molar-refractivity contribution in [1.82, 2.24) is 9.29 Å². The van der Waals surface area contributed by atoms with Crippen LogP contribution in [0, 0.1) is 27.7 Å². The van der Waals surface area contributed by atoms with Gasteiger partial charge in [0, 0.05) is 18.8 Å². The fourth-order valence-electron chi connectivity index (χ4n) is 2.76. The molecule has 0 spiro atoms. The summed E-state index contributed by atoms with van der Waals surface area (Å²) in [5.74, 6) is 0.